The van der Waals surface area contributed by atoms with E-state index in [0.717, 1.165) is 16.7 Å². The van der Waals surface area contributed by atoms with Crippen LogP contribution in [0.3, 0.4) is 0 Å². The number of hydrogen-bond acceptors (Lipinski definition) is 4. The second-order valence-corrected chi connectivity index (χ2v) is 8.59. The maximum atomic E-state index is 6.29. The van der Waals surface area contributed by atoms with Gasteiger partial charge < -0.3 is 9.47 Å². The van der Waals surface area contributed by atoms with Gasteiger partial charge in [-0.3, -0.25) is 0 Å². The van der Waals surface area contributed by atoms with Crippen LogP contribution in [0.1, 0.15) is 36.6 Å². The molecule has 0 bridgehead atoms. The summed E-state index contributed by atoms with van der Waals surface area (Å²) in [5.74, 6) is 1.34. The Kier molecular flexibility index (Phi) is 4.85. The fourth-order valence-corrected chi connectivity index (χ4v) is 4.27. The number of ether oxygens (including phenoxy) is 2. The van der Waals surface area contributed by atoms with E-state index in [2.05, 4.69) is 50.2 Å². The van der Waals surface area contributed by atoms with E-state index >= 15 is 0 Å². The van der Waals surface area contributed by atoms with Crippen LogP contribution >= 0.6 is 0 Å². The van der Waals surface area contributed by atoms with Gasteiger partial charge in [0, 0.05) is 0 Å². The molecule has 3 aromatic carbocycles. The molecule has 0 saturated heterocycles. The Bertz CT molecular complexity index is 1070. The highest BCUT2D eigenvalue weighted by atomic mass is 16.5. The molecule has 1 atom stereocenters. The molecular formula is C27H26N2O2. The van der Waals surface area contributed by atoms with E-state index in [4.69, 9.17) is 19.5 Å². The summed E-state index contributed by atoms with van der Waals surface area (Å²) in [6.07, 6.45) is 0. The molecule has 5 rings (SSSR count). The zero-order chi connectivity index (χ0) is 21.3. The summed E-state index contributed by atoms with van der Waals surface area (Å²) < 4.78 is 12.4. The van der Waals surface area contributed by atoms with Crippen molar-refractivity contribution in [1.29, 1.82) is 0 Å². The highest BCUT2D eigenvalue weighted by Crippen LogP contribution is 2.42. The lowest BCUT2D eigenvalue weighted by Crippen LogP contribution is -2.34. The van der Waals surface area contributed by atoms with Crippen molar-refractivity contribution in [2.75, 3.05) is 13.2 Å². The molecule has 0 spiro atoms. The van der Waals surface area contributed by atoms with Crippen LogP contribution in [0.15, 0.2) is 101 Å². The molecule has 0 N–H and O–H groups in total. The molecule has 0 aliphatic carbocycles. The third-order valence-electron chi connectivity index (χ3n) is 6.12. The molecule has 156 valence electrons. The molecular weight excluding hydrogens is 384 g/mol. The van der Waals surface area contributed by atoms with Gasteiger partial charge in [-0.25, -0.2) is 9.98 Å². The third kappa shape index (κ3) is 3.42. The zero-order valence-electron chi connectivity index (χ0n) is 17.9. The lowest BCUT2D eigenvalue weighted by molar-refractivity contribution is 0.249. The van der Waals surface area contributed by atoms with Crippen molar-refractivity contribution in [2.45, 2.75) is 25.4 Å². The summed E-state index contributed by atoms with van der Waals surface area (Å²) in [5.41, 5.74) is 2.25. The molecule has 0 fully saturated rings. The lowest BCUT2D eigenvalue weighted by Gasteiger charge is -2.25. The van der Waals surface area contributed by atoms with Gasteiger partial charge in [0.15, 0.2) is 11.8 Å². The number of benzene rings is 3. The van der Waals surface area contributed by atoms with E-state index in [0.29, 0.717) is 25.0 Å². The van der Waals surface area contributed by atoms with Gasteiger partial charge in [-0.1, -0.05) is 91.0 Å². The van der Waals surface area contributed by atoms with Crippen molar-refractivity contribution < 1.29 is 9.47 Å². The Morgan fingerprint density at radius 1 is 0.742 bits per heavy atom. The minimum Gasteiger partial charge on any atom is -0.478 e. The van der Waals surface area contributed by atoms with Crippen LogP contribution in [0.5, 0.6) is 0 Å². The molecule has 3 aromatic rings. The summed E-state index contributed by atoms with van der Waals surface area (Å²) >= 11 is 0. The Morgan fingerprint density at radius 3 is 1.87 bits per heavy atom. The summed E-state index contributed by atoms with van der Waals surface area (Å²) in [5, 5.41) is 0. The van der Waals surface area contributed by atoms with Crippen LogP contribution in [0.25, 0.3) is 0 Å². The number of rotatable bonds is 5. The van der Waals surface area contributed by atoms with Crippen LogP contribution in [0.4, 0.5) is 0 Å². The van der Waals surface area contributed by atoms with E-state index in [1.54, 1.807) is 0 Å². The third-order valence-corrected chi connectivity index (χ3v) is 6.12. The minimum absolute atomic E-state index is 0.00508. The highest BCUT2D eigenvalue weighted by Gasteiger charge is 2.47. The molecule has 1 unspecified atom stereocenters. The van der Waals surface area contributed by atoms with Crippen molar-refractivity contribution in [3.8, 4) is 0 Å². The molecule has 2 aliphatic heterocycles. The molecule has 0 amide bonds. The molecule has 0 radical (unpaired) electrons. The second-order valence-electron chi connectivity index (χ2n) is 8.59. The van der Waals surface area contributed by atoms with Crippen molar-refractivity contribution >= 4 is 11.8 Å². The summed E-state index contributed by atoms with van der Waals surface area (Å²) in [6.45, 7) is 5.14. The normalized spacial score (nSPS) is 19.9. The maximum Gasteiger partial charge on any atom is 0.200 e. The largest absolute Gasteiger partial charge is 0.478 e. The first kappa shape index (κ1) is 19.6. The van der Waals surface area contributed by atoms with E-state index in [9.17, 15) is 0 Å². The van der Waals surface area contributed by atoms with Gasteiger partial charge in [-0.15, -0.1) is 0 Å². The van der Waals surface area contributed by atoms with Gasteiger partial charge in [0.25, 0.3) is 0 Å². The van der Waals surface area contributed by atoms with E-state index in [1.807, 2.05) is 54.6 Å². The van der Waals surface area contributed by atoms with Crippen LogP contribution < -0.4 is 0 Å². The van der Waals surface area contributed by atoms with Crippen LogP contribution in [0.2, 0.25) is 0 Å². The summed E-state index contributed by atoms with van der Waals surface area (Å²) in [4.78, 5) is 10.1. The molecule has 31 heavy (non-hydrogen) atoms. The first-order valence-corrected chi connectivity index (χ1v) is 10.7. The minimum atomic E-state index is -0.576. The molecule has 4 nitrogen and oxygen atoms in total. The van der Waals surface area contributed by atoms with E-state index in [-0.39, 0.29) is 6.04 Å². The van der Waals surface area contributed by atoms with Crippen LogP contribution in [-0.2, 0) is 15.0 Å². The predicted octanol–water partition coefficient (Wildman–Crippen LogP) is 5.56. The smallest absolute Gasteiger partial charge is 0.200 e. The summed E-state index contributed by atoms with van der Waals surface area (Å²) in [6, 6.07) is 31.0. The van der Waals surface area contributed by atoms with Crippen LogP contribution in [-0.4, -0.2) is 25.0 Å². The monoisotopic (exact) mass is 410 g/mol. The second kappa shape index (κ2) is 7.69. The fourth-order valence-electron chi connectivity index (χ4n) is 4.27. The van der Waals surface area contributed by atoms with Gasteiger partial charge in [-0.05, 0) is 30.5 Å². The lowest BCUT2D eigenvalue weighted by atomic mass is 9.84. The van der Waals surface area contributed by atoms with Gasteiger partial charge in [-0.2, -0.15) is 0 Å². The SMILES string of the molecule is CC(C)(C1=NC(c2ccccc2)CO1)C1=NC(c2ccccc2)(c2ccccc2)CO1. The Labute approximate surface area is 183 Å². The Hall–Kier alpha value is -3.40. The van der Waals surface area contributed by atoms with E-state index in [1.165, 1.54) is 0 Å². The van der Waals surface area contributed by atoms with Crippen molar-refractivity contribution in [3.63, 3.8) is 0 Å². The molecule has 2 heterocycles. The number of nitrogens with zero attached hydrogens (tertiary/aromatic N) is 2. The summed E-state index contributed by atoms with van der Waals surface area (Å²) in [7, 11) is 0. The highest BCUT2D eigenvalue weighted by molar-refractivity contribution is 6.05. The number of aliphatic imine (C=N–C) groups is 2. The van der Waals surface area contributed by atoms with E-state index < -0.39 is 11.0 Å². The van der Waals surface area contributed by atoms with Crippen LogP contribution in [0, 0.1) is 5.41 Å². The molecule has 2 aliphatic rings. The molecule has 4 heteroatoms. The average Bonchev–Trinajstić information content (AvgIpc) is 3.51. The molecule has 0 saturated carbocycles. The van der Waals surface area contributed by atoms with Gasteiger partial charge in [0.2, 0.25) is 0 Å². The zero-order valence-corrected chi connectivity index (χ0v) is 17.9. The predicted molar refractivity (Wildman–Crippen MR) is 123 cm³/mol. The maximum absolute atomic E-state index is 6.29. The average molecular weight is 411 g/mol. The van der Waals surface area contributed by atoms with Gasteiger partial charge in [0.05, 0.1) is 0 Å². The van der Waals surface area contributed by atoms with Crippen molar-refractivity contribution in [2.24, 2.45) is 15.4 Å². The van der Waals surface area contributed by atoms with Crippen molar-refractivity contribution in [3.05, 3.63) is 108 Å². The molecule has 0 aromatic heterocycles. The number of hydrogen-bond donors (Lipinski definition) is 0. The Morgan fingerprint density at radius 2 is 1.29 bits per heavy atom. The van der Waals surface area contributed by atoms with Gasteiger partial charge in [0.1, 0.15) is 30.2 Å². The quantitative estimate of drug-likeness (QED) is 0.553. The first-order valence-electron chi connectivity index (χ1n) is 10.7. The Balaban J connectivity index is 1.53. The topological polar surface area (TPSA) is 43.2 Å². The standard InChI is InChI=1S/C27H26N2O2/c1-26(2,24-28-23(18-30-24)20-12-6-3-7-13-20)25-29-27(19-31-25,21-14-8-4-9-15-21)22-16-10-5-11-17-22/h3-17,23H,18-19H2,1-2H3. The first-order chi connectivity index (χ1) is 15.1. The van der Waals surface area contributed by atoms with Crippen molar-refractivity contribution in [1.82, 2.24) is 0 Å². The van der Waals surface area contributed by atoms with Gasteiger partial charge >= 0.3 is 0 Å². The fraction of sp³-hybridized carbons (Fsp3) is 0.259.